The number of aliphatic imine (C=N–C) groups is 1. The molecule has 0 spiro atoms. The van der Waals surface area contributed by atoms with Gasteiger partial charge < -0.3 is 20.1 Å². The number of piperidine rings is 1. The molecule has 1 atom stereocenters. The molecule has 0 radical (unpaired) electrons. The Morgan fingerprint density at radius 3 is 2.53 bits per heavy atom. The lowest BCUT2D eigenvalue weighted by Crippen LogP contribution is -2.44. The van der Waals surface area contributed by atoms with Crippen molar-refractivity contribution in [3.05, 3.63) is 24.3 Å². The van der Waals surface area contributed by atoms with Crippen LogP contribution in [0.1, 0.15) is 26.7 Å². The van der Waals surface area contributed by atoms with Crippen LogP contribution in [-0.4, -0.2) is 70.9 Å². The summed E-state index contributed by atoms with van der Waals surface area (Å²) in [6.07, 6.45) is 2.90. The maximum absolute atomic E-state index is 11.6. The predicted molar refractivity (Wildman–Crippen MR) is 132 cm³/mol. The Bertz CT molecular complexity index is 768. The molecular weight excluding hydrogens is 519 g/mol. The molecule has 1 heterocycles. The first-order valence-corrected chi connectivity index (χ1v) is 11.9. The summed E-state index contributed by atoms with van der Waals surface area (Å²) in [5.74, 6) is 2.69. The van der Waals surface area contributed by atoms with Crippen LogP contribution < -0.4 is 20.1 Å². The summed E-state index contributed by atoms with van der Waals surface area (Å²) in [6, 6.07) is 7.52. The van der Waals surface area contributed by atoms with Crippen molar-refractivity contribution in [2.45, 2.75) is 32.8 Å². The van der Waals surface area contributed by atoms with E-state index in [0.717, 1.165) is 43.4 Å². The van der Waals surface area contributed by atoms with Crippen molar-refractivity contribution in [1.82, 2.24) is 14.9 Å². The van der Waals surface area contributed by atoms with Gasteiger partial charge in [0.05, 0.1) is 19.9 Å². The second-order valence-electron chi connectivity index (χ2n) is 7.31. The maximum Gasteiger partial charge on any atom is 0.211 e. The van der Waals surface area contributed by atoms with Gasteiger partial charge in [-0.25, -0.2) is 17.7 Å². The number of nitrogens with one attached hydrogen (secondary N) is 2. The molecule has 1 saturated heterocycles. The quantitative estimate of drug-likeness (QED) is 0.277. The normalized spacial score (nSPS) is 17.0. The molecule has 2 rings (SSSR count). The van der Waals surface area contributed by atoms with E-state index in [-0.39, 0.29) is 30.1 Å². The summed E-state index contributed by atoms with van der Waals surface area (Å²) in [5, 5.41) is 6.63. The smallest absolute Gasteiger partial charge is 0.211 e. The van der Waals surface area contributed by atoms with Gasteiger partial charge in [-0.2, -0.15) is 0 Å². The molecule has 1 aromatic carbocycles. The molecule has 1 aromatic rings. The fraction of sp³-hybridized carbons (Fsp3) is 0.650. The molecule has 1 aliphatic rings. The van der Waals surface area contributed by atoms with Crippen LogP contribution in [0.15, 0.2) is 29.3 Å². The average Bonchev–Trinajstić information content (AvgIpc) is 2.70. The van der Waals surface area contributed by atoms with Gasteiger partial charge in [0.1, 0.15) is 17.6 Å². The molecular formula is C20H35IN4O4S. The average molecular weight is 554 g/mol. The van der Waals surface area contributed by atoms with Crippen molar-refractivity contribution < 1.29 is 17.9 Å². The fourth-order valence-corrected chi connectivity index (χ4v) is 4.07. The molecule has 0 aromatic heterocycles. The van der Waals surface area contributed by atoms with E-state index in [1.807, 2.05) is 38.1 Å². The maximum atomic E-state index is 11.6. The molecule has 1 fully saturated rings. The number of hydrogen-bond acceptors (Lipinski definition) is 5. The van der Waals surface area contributed by atoms with Crippen LogP contribution in [0.5, 0.6) is 11.5 Å². The zero-order chi connectivity index (χ0) is 21.3. The van der Waals surface area contributed by atoms with E-state index < -0.39 is 10.0 Å². The Morgan fingerprint density at radius 1 is 1.27 bits per heavy atom. The van der Waals surface area contributed by atoms with Gasteiger partial charge in [0.2, 0.25) is 10.0 Å². The topological polar surface area (TPSA) is 92.3 Å². The Labute approximate surface area is 197 Å². The lowest BCUT2D eigenvalue weighted by atomic mass is 9.98. The number of guanidine groups is 1. The van der Waals surface area contributed by atoms with E-state index >= 15 is 0 Å². The first-order chi connectivity index (χ1) is 13.8. The van der Waals surface area contributed by atoms with Gasteiger partial charge in [-0.15, -0.1) is 24.0 Å². The molecule has 0 aliphatic carbocycles. The van der Waals surface area contributed by atoms with Gasteiger partial charge in [-0.1, -0.05) is 6.07 Å². The van der Waals surface area contributed by atoms with Gasteiger partial charge in [0.25, 0.3) is 0 Å². The number of benzene rings is 1. The molecule has 1 aliphatic heterocycles. The minimum Gasteiger partial charge on any atom is -0.497 e. The SMILES string of the molecule is CCNC(=NCC(C)Oc1cccc(OC)c1)NCC1CCN(S(C)(=O)=O)CC1.I. The number of halogens is 1. The molecule has 30 heavy (non-hydrogen) atoms. The minimum atomic E-state index is -3.08. The second kappa shape index (κ2) is 13.2. The third-order valence-electron chi connectivity index (χ3n) is 4.83. The molecule has 0 saturated carbocycles. The molecule has 8 nitrogen and oxygen atoms in total. The van der Waals surface area contributed by atoms with E-state index in [2.05, 4.69) is 15.6 Å². The van der Waals surface area contributed by atoms with Gasteiger partial charge >= 0.3 is 0 Å². The van der Waals surface area contributed by atoms with Crippen LogP contribution in [-0.2, 0) is 10.0 Å². The van der Waals surface area contributed by atoms with E-state index in [9.17, 15) is 8.42 Å². The zero-order valence-corrected chi connectivity index (χ0v) is 21.4. The van der Waals surface area contributed by atoms with Crippen LogP contribution in [0.3, 0.4) is 0 Å². The summed E-state index contributed by atoms with van der Waals surface area (Å²) in [4.78, 5) is 4.62. The highest BCUT2D eigenvalue weighted by molar-refractivity contribution is 14.0. The molecule has 0 bridgehead atoms. The largest absolute Gasteiger partial charge is 0.497 e. The molecule has 0 amide bonds. The van der Waals surface area contributed by atoms with Gasteiger partial charge in [0.15, 0.2) is 5.96 Å². The third-order valence-corrected chi connectivity index (χ3v) is 6.13. The molecule has 2 N–H and O–H groups in total. The fourth-order valence-electron chi connectivity index (χ4n) is 3.19. The Hall–Kier alpha value is -1.27. The number of rotatable bonds is 9. The van der Waals surface area contributed by atoms with Crippen LogP contribution >= 0.6 is 24.0 Å². The minimum absolute atomic E-state index is 0. The highest BCUT2D eigenvalue weighted by Gasteiger charge is 2.24. The van der Waals surface area contributed by atoms with E-state index in [4.69, 9.17) is 9.47 Å². The zero-order valence-electron chi connectivity index (χ0n) is 18.3. The van der Waals surface area contributed by atoms with Gasteiger partial charge in [-0.3, -0.25) is 0 Å². The van der Waals surface area contributed by atoms with Crippen LogP contribution in [0.2, 0.25) is 0 Å². The Balaban J connectivity index is 0.00000450. The summed E-state index contributed by atoms with van der Waals surface area (Å²) < 4.78 is 35.9. The number of hydrogen-bond donors (Lipinski definition) is 2. The number of sulfonamides is 1. The first kappa shape index (κ1) is 26.8. The lowest BCUT2D eigenvalue weighted by Gasteiger charge is -2.30. The predicted octanol–water partition coefficient (Wildman–Crippen LogP) is 2.31. The van der Waals surface area contributed by atoms with E-state index in [1.54, 1.807) is 11.4 Å². The van der Waals surface area contributed by atoms with Crippen molar-refractivity contribution >= 4 is 40.0 Å². The molecule has 10 heteroatoms. The van der Waals surface area contributed by atoms with Crippen LogP contribution in [0.4, 0.5) is 0 Å². The molecule has 172 valence electrons. The van der Waals surface area contributed by atoms with Crippen molar-refractivity contribution in [3.8, 4) is 11.5 Å². The standard InChI is InChI=1S/C20H34N4O4S.HI/c1-5-21-20(23-15-17-9-11-24(12-10-17)29(4,25)26)22-14-16(2)28-19-8-6-7-18(13-19)27-3;/h6-8,13,16-17H,5,9-12,14-15H2,1-4H3,(H2,21,22,23);1H. The summed E-state index contributed by atoms with van der Waals surface area (Å²) in [7, 11) is -1.45. The van der Waals surface area contributed by atoms with E-state index in [1.165, 1.54) is 6.26 Å². The highest BCUT2D eigenvalue weighted by atomic mass is 127. The third kappa shape index (κ3) is 9.25. The second-order valence-corrected chi connectivity index (χ2v) is 9.30. The highest BCUT2D eigenvalue weighted by Crippen LogP contribution is 2.20. The van der Waals surface area contributed by atoms with Crippen LogP contribution in [0.25, 0.3) is 0 Å². The molecule has 1 unspecified atom stereocenters. The van der Waals surface area contributed by atoms with Gasteiger partial charge in [-0.05, 0) is 44.7 Å². The lowest BCUT2D eigenvalue weighted by molar-refractivity contribution is 0.229. The van der Waals surface area contributed by atoms with Crippen molar-refractivity contribution in [2.24, 2.45) is 10.9 Å². The Kier molecular flexibility index (Phi) is 11.8. The van der Waals surface area contributed by atoms with Crippen LogP contribution in [0, 0.1) is 5.92 Å². The van der Waals surface area contributed by atoms with Gasteiger partial charge in [0, 0.05) is 32.2 Å². The summed E-state index contributed by atoms with van der Waals surface area (Å²) >= 11 is 0. The summed E-state index contributed by atoms with van der Waals surface area (Å²) in [6.45, 7) is 7.23. The summed E-state index contributed by atoms with van der Waals surface area (Å²) in [5.41, 5.74) is 0. The van der Waals surface area contributed by atoms with Crippen molar-refractivity contribution in [2.75, 3.05) is 46.1 Å². The number of ether oxygens (including phenoxy) is 2. The van der Waals surface area contributed by atoms with Crippen molar-refractivity contribution in [1.29, 1.82) is 0 Å². The Morgan fingerprint density at radius 2 is 1.93 bits per heavy atom. The monoisotopic (exact) mass is 554 g/mol. The van der Waals surface area contributed by atoms with E-state index in [0.29, 0.717) is 25.6 Å². The van der Waals surface area contributed by atoms with Crippen molar-refractivity contribution in [3.63, 3.8) is 0 Å². The number of methoxy groups -OCH3 is 1. The first-order valence-electron chi connectivity index (χ1n) is 10.1. The number of nitrogens with zero attached hydrogens (tertiary/aromatic N) is 2.